The monoisotopic (exact) mass is 243 g/mol. The van der Waals surface area contributed by atoms with Crippen LogP contribution in [0.3, 0.4) is 0 Å². The Kier molecular flexibility index (Phi) is 2.24. The number of hydrogen-bond acceptors (Lipinski definition) is 2. The number of pyridine rings is 1. The molecule has 2 aromatic rings. The van der Waals surface area contributed by atoms with Crippen molar-refractivity contribution in [3.63, 3.8) is 0 Å². The van der Waals surface area contributed by atoms with Gasteiger partial charge in [0.05, 0.1) is 17.1 Å². The van der Waals surface area contributed by atoms with Crippen molar-refractivity contribution >= 4 is 11.4 Å². The number of primary amides is 1. The summed E-state index contributed by atoms with van der Waals surface area (Å²) in [5, 5.41) is 4.60. The van der Waals surface area contributed by atoms with E-state index in [4.69, 9.17) is 5.73 Å². The highest BCUT2D eigenvalue weighted by atomic mass is 16.1. The standard InChI is InChI=1S/C14H17N3O/c1-7-6-11-10(14(15)18)4-5-12(11)17-13(7)8(2)9(3)16-17/h6,10H,4-5H2,1-3H3,(H2,15,18). The van der Waals surface area contributed by atoms with Crippen molar-refractivity contribution in [3.8, 4) is 0 Å². The van der Waals surface area contributed by atoms with Crippen molar-refractivity contribution in [2.45, 2.75) is 39.5 Å². The first-order valence-electron chi connectivity index (χ1n) is 6.28. The van der Waals surface area contributed by atoms with Gasteiger partial charge < -0.3 is 5.73 Å². The Hall–Kier alpha value is -1.84. The van der Waals surface area contributed by atoms with E-state index in [-0.39, 0.29) is 11.8 Å². The van der Waals surface area contributed by atoms with Gasteiger partial charge in [-0.15, -0.1) is 0 Å². The minimum Gasteiger partial charge on any atom is -0.369 e. The second-order valence-corrected chi connectivity index (χ2v) is 5.19. The molecule has 18 heavy (non-hydrogen) atoms. The average Bonchev–Trinajstić information content (AvgIpc) is 2.82. The highest BCUT2D eigenvalue weighted by molar-refractivity contribution is 5.83. The first kappa shape index (κ1) is 11.3. The van der Waals surface area contributed by atoms with E-state index in [9.17, 15) is 4.79 Å². The molecule has 1 atom stereocenters. The molecular formula is C14H17N3O. The third kappa shape index (κ3) is 1.32. The highest BCUT2D eigenvalue weighted by Gasteiger charge is 2.30. The van der Waals surface area contributed by atoms with Gasteiger partial charge in [-0.2, -0.15) is 5.10 Å². The molecular weight excluding hydrogens is 226 g/mol. The molecule has 0 spiro atoms. The molecule has 94 valence electrons. The smallest absolute Gasteiger partial charge is 0.225 e. The maximum absolute atomic E-state index is 11.5. The van der Waals surface area contributed by atoms with Crippen LogP contribution in [-0.4, -0.2) is 15.5 Å². The van der Waals surface area contributed by atoms with E-state index in [1.165, 1.54) is 16.6 Å². The number of hydrogen-bond donors (Lipinski definition) is 1. The molecule has 4 heteroatoms. The minimum absolute atomic E-state index is 0.145. The lowest BCUT2D eigenvalue weighted by Gasteiger charge is -2.10. The van der Waals surface area contributed by atoms with Crippen LogP contribution in [0.5, 0.6) is 0 Å². The van der Waals surface area contributed by atoms with Gasteiger partial charge in [-0.05, 0) is 50.3 Å². The summed E-state index contributed by atoms with van der Waals surface area (Å²) in [6, 6.07) is 2.11. The van der Waals surface area contributed by atoms with Gasteiger partial charge in [-0.3, -0.25) is 4.79 Å². The van der Waals surface area contributed by atoms with Crippen LogP contribution in [0, 0.1) is 20.8 Å². The number of aromatic nitrogens is 2. The van der Waals surface area contributed by atoms with Gasteiger partial charge in [-0.25, -0.2) is 4.52 Å². The summed E-state index contributed by atoms with van der Waals surface area (Å²) < 4.78 is 2.01. The van der Waals surface area contributed by atoms with Gasteiger partial charge in [-0.1, -0.05) is 6.07 Å². The molecule has 1 amide bonds. The summed E-state index contributed by atoms with van der Waals surface area (Å²) in [7, 11) is 0. The number of carbonyl (C=O) groups excluding carboxylic acids is 1. The van der Waals surface area contributed by atoms with Crippen molar-refractivity contribution in [3.05, 3.63) is 34.1 Å². The topological polar surface area (TPSA) is 60.4 Å². The second kappa shape index (κ2) is 3.57. The zero-order chi connectivity index (χ0) is 13.0. The van der Waals surface area contributed by atoms with E-state index in [0.29, 0.717) is 0 Å². The lowest BCUT2D eigenvalue weighted by molar-refractivity contribution is -0.119. The minimum atomic E-state index is -0.229. The molecule has 1 unspecified atom stereocenters. The van der Waals surface area contributed by atoms with Crippen LogP contribution in [0.15, 0.2) is 6.07 Å². The fourth-order valence-corrected chi connectivity index (χ4v) is 3.05. The molecule has 1 aliphatic rings. The van der Waals surface area contributed by atoms with Crippen molar-refractivity contribution in [1.29, 1.82) is 0 Å². The predicted octanol–water partition coefficient (Wildman–Crippen LogP) is 1.77. The first-order valence-corrected chi connectivity index (χ1v) is 6.28. The van der Waals surface area contributed by atoms with Gasteiger partial charge in [0.1, 0.15) is 0 Å². The number of nitrogens with zero attached hydrogens (tertiary/aromatic N) is 2. The van der Waals surface area contributed by atoms with Crippen molar-refractivity contribution in [2.75, 3.05) is 0 Å². The Morgan fingerprint density at radius 1 is 1.44 bits per heavy atom. The van der Waals surface area contributed by atoms with Crippen molar-refractivity contribution < 1.29 is 4.79 Å². The van der Waals surface area contributed by atoms with Gasteiger partial charge in [0.25, 0.3) is 0 Å². The normalized spacial score (nSPS) is 18.3. The Morgan fingerprint density at radius 3 is 2.83 bits per heavy atom. The summed E-state index contributed by atoms with van der Waals surface area (Å²) >= 11 is 0. The highest BCUT2D eigenvalue weighted by Crippen LogP contribution is 2.35. The van der Waals surface area contributed by atoms with E-state index in [1.54, 1.807) is 0 Å². The molecule has 0 radical (unpaired) electrons. The molecule has 0 aromatic carbocycles. The van der Waals surface area contributed by atoms with Gasteiger partial charge >= 0.3 is 0 Å². The molecule has 0 fully saturated rings. The number of fused-ring (bicyclic) bond motifs is 3. The van der Waals surface area contributed by atoms with Crippen LogP contribution < -0.4 is 5.73 Å². The molecule has 0 aliphatic heterocycles. The van der Waals surface area contributed by atoms with Crippen LogP contribution in [0.1, 0.15) is 40.4 Å². The van der Waals surface area contributed by atoms with Gasteiger partial charge in [0, 0.05) is 5.69 Å². The second-order valence-electron chi connectivity index (χ2n) is 5.19. The van der Waals surface area contributed by atoms with Crippen molar-refractivity contribution in [1.82, 2.24) is 9.61 Å². The number of carbonyl (C=O) groups is 1. The third-order valence-corrected chi connectivity index (χ3v) is 4.08. The molecule has 2 N–H and O–H groups in total. The average molecular weight is 243 g/mol. The molecule has 2 heterocycles. The zero-order valence-electron chi connectivity index (χ0n) is 10.9. The van der Waals surface area contributed by atoms with Gasteiger partial charge in [0.2, 0.25) is 5.91 Å². The van der Waals surface area contributed by atoms with Gasteiger partial charge in [0.15, 0.2) is 0 Å². The molecule has 4 nitrogen and oxygen atoms in total. The maximum Gasteiger partial charge on any atom is 0.225 e. The number of rotatable bonds is 1. The Bertz CT molecular complexity index is 669. The third-order valence-electron chi connectivity index (χ3n) is 4.08. The Morgan fingerprint density at radius 2 is 2.17 bits per heavy atom. The van der Waals surface area contributed by atoms with Crippen LogP contribution >= 0.6 is 0 Å². The summed E-state index contributed by atoms with van der Waals surface area (Å²) in [6.07, 6.45) is 1.68. The van der Waals surface area contributed by atoms with Crippen LogP contribution in [-0.2, 0) is 11.2 Å². The van der Waals surface area contributed by atoms with Crippen LogP contribution in [0.4, 0.5) is 0 Å². The maximum atomic E-state index is 11.5. The summed E-state index contributed by atoms with van der Waals surface area (Å²) in [5.74, 6) is -0.374. The molecule has 0 saturated carbocycles. The summed E-state index contributed by atoms with van der Waals surface area (Å²) in [4.78, 5) is 11.5. The van der Waals surface area contributed by atoms with E-state index in [1.807, 2.05) is 11.4 Å². The molecule has 1 aliphatic carbocycles. The first-order chi connectivity index (χ1) is 8.50. The van der Waals surface area contributed by atoms with Crippen LogP contribution in [0.25, 0.3) is 5.52 Å². The summed E-state index contributed by atoms with van der Waals surface area (Å²) in [5.41, 5.74) is 12.3. The fourth-order valence-electron chi connectivity index (χ4n) is 3.05. The lowest BCUT2D eigenvalue weighted by atomic mass is 10.00. The zero-order valence-corrected chi connectivity index (χ0v) is 10.9. The predicted molar refractivity (Wildman–Crippen MR) is 69.7 cm³/mol. The number of aryl methyl sites for hydroxylation is 4. The Balaban J connectivity index is 2.36. The summed E-state index contributed by atoms with van der Waals surface area (Å²) in [6.45, 7) is 6.19. The van der Waals surface area contributed by atoms with Crippen LogP contribution in [0.2, 0.25) is 0 Å². The fraction of sp³-hybridized carbons (Fsp3) is 0.429. The lowest BCUT2D eigenvalue weighted by Crippen LogP contribution is -2.19. The van der Waals surface area contributed by atoms with E-state index in [2.05, 4.69) is 25.0 Å². The van der Waals surface area contributed by atoms with Crippen molar-refractivity contribution in [2.24, 2.45) is 5.73 Å². The van der Waals surface area contributed by atoms with E-state index in [0.717, 1.165) is 29.8 Å². The quantitative estimate of drug-likeness (QED) is 0.829. The van der Waals surface area contributed by atoms with E-state index >= 15 is 0 Å². The molecule has 2 aromatic heterocycles. The molecule has 3 rings (SSSR count). The molecule has 0 saturated heterocycles. The Labute approximate surface area is 106 Å². The van der Waals surface area contributed by atoms with E-state index < -0.39 is 0 Å². The number of nitrogens with two attached hydrogens (primary N) is 1. The largest absolute Gasteiger partial charge is 0.369 e. The molecule has 0 bridgehead atoms. The number of amides is 1. The SMILES string of the molecule is Cc1nn2c3c(cc(C)c2c1C)C(C(N)=O)CC3.